The summed E-state index contributed by atoms with van der Waals surface area (Å²) in [5.74, 6) is 0.321. The number of likely N-dealkylation sites (N-methyl/N-ethyl adjacent to an activating group) is 1. The summed E-state index contributed by atoms with van der Waals surface area (Å²) in [7, 11) is 1.83. The van der Waals surface area contributed by atoms with E-state index >= 15 is 0 Å². The highest BCUT2D eigenvalue weighted by atomic mass is 16.2. The Morgan fingerprint density at radius 1 is 1.00 bits per heavy atom. The minimum absolute atomic E-state index is 0.0166. The number of benzene rings is 2. The van der Waals surface area contributed by atoms with Crippen LogP contribution in [0.1, 0.15) is 31.2 Å². The number of nitrogens with zero attached hydrogens (tertiary/aromatic N) is 4. The zero-order valence-corrected chi connectivity index (χ0v) is 18.4. The fourth-order valence-electron chi connectivity index (χ4n) is 4.52. The number of carbonyl (C=O) groups excluding carboxylic acids is 2. The van der Waals surface area contributed by atoms with Gasteiger partial charge in [0.15, 0.2) is 0 Å². The van der Waals surface area contributed by atoms with E-state index in [1.165, 1.54) is 0 Å². The van der Waals surface area contributed by atoms with E-state index < -0.39 is 0 Å². The first-order chi connectivity index (χ1) is 15.6. The summed E-state index contributed by atoms with van der Waals surface area (Å²) in [5, 5.41) is 4.85. The molecule has 2 fully saturated rings. The average molecular weight is 429 g/mol. The normalized spacial score (nSPS) is 18.0. The van der Waals surface area contributed by atoms with E-state index in [1.807, 2.05) is 83.5 Å². The van der Waals surface area contributed by atoms with Crippen molar-refractivity contribution >= 4 is 11.8 Å². The van der Waals surface area contributed by atoms with Gasteiger partial charge in [-0.05, 0) is 37.8 Å². The molecule has 2 amide bonds. The summed E-state index contributed by atoms with van der Waals surface area (Å²) in [6, 6.07) is 19.7. The predicted molar refractivity (Wildman–Crippen MR) is 123 cm³/mol. The average Bonchev–Trinajstić information content (AvgIpc) is 3.42. The van der Waals surface area contributed by atoms with E-state index in [0.29, 0.717) is 13.1 Å². The lowest BCUT2D eigenvalue weighted by molar-refractivity contribution is -0.144. The topological polar surface area (TPSA) is 58.4 Å². The first kappa shape index (κ1) is 20.5. The Morgan fingerprint density at radius 2 is 1.69 bits per heavy atom. The molecule has 2 aliphatic rings. The second-order valence-electron chi connectivity index (χ2n) is 8.81. The molecule has 1 unspecified atom stereocenters. The van der Waals surface area contributed by atoms with Crippen molar-refractivity contribution in [3.05, 3.63) is 72.4 Å². The lowest BCUT2D eigenvalue weighted by Gasteiger charge is -2.28. The number of rotatable bonds is 6. The van der Waals surface area contributed by atoms with Crippen LogP contribution >= 0.6 is 0 Å². The Labute approximate surface area is 188 Å². The first-order valence-electron chi connectivity index (χ1n) is 11.4. The van der Waals surface area contributed by atoms with Crippen molar-refractivity contribution in [1.29, 1.82) is 0 Å². The molecular weight excluding hydrogens is 400 g/mol. The second kappa shape index (κ2) is 8.61. The molecule has 0 radical (unpaired) electrons. The summed E-state index contributed by atoms with van der Waals surface area (Å²) in [5.41, 5.74) is 3.84. The number of para-hydroxylation sites is 1. The fraction of sp³-hybridized carbons (Fsp3) is 0.346. The fourth-order valence-corrected chi connectivity index (χ4v) is 4.52. The van der Waals surface area contributed by atoms with Crippen LogP contribution in [0.15, 0.2) is 66.9 Å². The molecule has 2 heterocycles. The Balaban J connectivity index is 1.40. The number of amides is 2. The third-order valence-electron chi connectivity index (χ3n) is 6.39. The van der Waals surface area contributed by atoms with Crippen molar-refractivity contribution in [2.24, 2.45) is 5.92 Å². The third kappa shape index (κ3) is 4.05. The predicted octanol–water partition coefficient (Wildman–Crippen LogP) is 3.90. The second-order valence-corrected chi connectivity index (χ2v) is 8.81. The first-order valence-corrected chi connectivity index (χ1v) is 11.4. The van der Waals surface area contributed by atoms with Gasteiger partial charge in [0, 0.05) is 43.4 Å². The number of hydrogen-bond acceptors (Lipinski definition) is 3. The van der Waals surface area contributed by atoms with Crippen LogP contribution in [0.4, 0.5) is 0 Å². The molecule has 1 saturated heterocycles. The molecule has 3 aromatic rings. The van der Waals surface area contributed by atoms with Gasteiger partial charge in [-0.15, -0.1) is 0 Å². The van der Waals surface area contributed by atoms with Gasteiger partial charge in [0.2, 0.25) is 11.8 Å². The molecule has 1 atom stereocenters. The highest BCUT2D eigenvalue weighted by Gasteiger charge is 2.41. The van der Waals surface area contributed by atoms with Gasteiger partial charge in [0.25, 0.3) is 0 Å². The van der Waals surface area contributed by atoms with Crippen molar-refractivity contribution < 1.29 is 9.59 Å². The van der Waals surface area contributed by atoms with Crippen LogP contribution in [0.5, 0.6) is 0 Å². The summed E-state index contributed by atoms with van der Waals surface area (Å²) < 4.78 is 1.87. The van der Waals surface area contributed by atoms with Gasteiger partial charge in [-0.3, -0.25) is 9.59 Å². The monoisotopic (exact) mass is 428 g/mol. The number of likely N-dealkylation sites (tertiary alicyclic amines) is 1. The van der Waals surface area contributed by atoms with Gasteiger partial charge in [-0.25, -0.2) is 4.68 Å². The van der Waals surface area contributed by atoms with Crippen molar-refractivity contribution in [3.8, 4) is 16.9 Å². The minimum Gasteiger partial charge on any atom is -0.339 e. The maximum atomic E-state index is 13.3. The van der Waals surface area contributed by atoms with Crippen molar-refractivity contribution in [2.45, 2.75) is 38.3 Å². The Morgan fingerprint density at radius 3 is 2.38 bits per heavy atom. The van der Waals surface area contributed by atoms with Crippen molar-refractivity contribution in [3.63, 3.8) is 0 Å². The van der Waals surface area contributed by atoms with Gasteiger partial charge >= 0.3 is 0 Å². The molecule has 0 bridgehead atoms. The molecule has 6 nitrogen and oxygen atoms in total. The standard InChI is InChI=1S/C26H28N4O2/c1-28(26(32)23-13-8-16-29(23)25(31)20-14-15-20)17-21-18-30(22-11-6-3-7-12-22)27-24(21)19-9-4-2-5-10-19/h2-7,9-12,18,20,23H,8,13-17H2,1H3. The van der Waals surface area contributed by atoms with E-state index in [9.17, 15) is 9.59 Å². The van der Waals surface area contributed by atoms with Crippen LogP contribution in [0.3, 0.4) is 0 Å². The summed E-state index contributed by atoms with van der Waals surface area (Å²) >= 11 is 0. The maximum absolute atomic E-state index is 13.3. The lowest BCUT2D eigenvalue weighted by Crippen LogP contribution is -2.46. The highest BCUT2D eigenvalue weighted by molar-refractivity contribution is 5.90. The van der Waals surface area contributed by atoms with Crippen LogP contribution in [0, 0.1) is 5.92 Å². The van der Waals surface area contributed by atoms with Crippen LogP contribution in [-0.2, 0) is 16.1 Å². The number of aromatic nitrogens is 2. The lowest BCUT2D eigenvalue weighted by atomic mass is 10.1. The largest absolute Gasteiger partial charge is 0.339 e. The summed E-state index contributed by atoms with van der Waals surface area (Å²) in [6.07, 6.45) is 5.57. The zero-order chi connectivity index (χ0) is 22.1. The minimum atomic E-state index is -0.336. The number of hydrogen-bond donors (Lipinski definition) is 0. The van der Waals surface area contributed by atoms with E-state index in [1.54, 1.807) is 4.90 Å². The Hall–Kier alpha value is -3.41. The van der Waals surface area contributed by atoms with E-state index in [0.717, 1.165) is 48.2 Å². The maximum Gasteiger partial charge on any atom is 0.245 e. The number of carbonyl (C=O) groups is 2. The highest BCUT2D eigenvalue weighted by Crippen LogP contribution is 2.34. The molecule has 0 N–H and O–H groups in total. The molecule has 32 heavy (non-hydrogen) atoms. The van der Waals surface area contributed by atoms with Gasteiger partial charge in [0.05, 0.1) is 11.4 Å². The van der Waals surface area contributed by atoms with Crippen LogP contribution in [0.25, 0.3) is 16.9 Å². The molecule has 6 heteroatoms. The van der Waals surface area contributed by atoms with Gasteiger partial charge in [-0.1, -0.05) is 48.5 Å². The van der Waals surface area contributed by atoms with Crippen LogP contribution < -0.4 is 0 Å². The van der Waals surface area contributed by atoms with Gasteiger partial charge in [-0.2, -0.15) is 5.10 Å². The quantitative estimate of drug-likeness (QED) is 0.598. The van der Waals surface area contributed by atoms with E-state index in [-0.39, 0.29) is 23.8 Å². The van der Waals surface area contributed by atoms with Crippen LogP contribution in [-0.4, -0.2) is 51.0 Å². The molecule has 1 aliphatic carbocycles. The smallest absolute Gasteiger partial charge is 0.245 e. The van der Waals surface area contributed by atoms with Crippen molar-refractivity contribution in [2.75, 3.05) is 13.6 Å². The molecule has 1 aromatic heterocycles. The van der Waals surface area contributed by atoms with Crippen LogP contribution in [0.2, 0.25) is 0 Å². The van der Waals surface area contributed by atoms with E-state index in [4.69, 9.17) is 5.10 Å². The molecule has 2 aromatic carbocycles. The molecule has 164 valence electrons. The van der Waals surface area contributed by atoms with Gasteiger partial charge < -0.3 is 9.80 Å². The SMILES string of the molecule is CN(Cc1cn(-c2ccccc2)nc1-c1ccccc1)C(=O)C1CCCN1C(=O)C1CC1. The zero-order valence-electron chi connectivity index (χ0n) is 18.4. The molecule has 0 spiro atoms. The molecule has 5 rings (SSSR count). The summed E-state index contributed by atoms with van der Waals surface area (Å²) in [6.45, 7) is 1.14. The van der Waals surface area contributed by atoms with E-state index in [2.05, 4.69) is 0 Å². The Bertz CT molecular complexity index is 1110. The Kier molecular flexibility index (Phi) is 5.52. The molecular formula is C26H28N4O2. The van der Waals surface area contributed by atoms with Gasteiger partial charge in [0.1, 0.15) is 6.04 Å². The third-order valence-corrected chi connectivity index (χ3v) is 6.39. The molecule has 1 aliphatic heterocycles. The van der Waals surface area contributed by atoms with Crippen molar-refractivity contribution in [1.82, 2.24) is 19.6 Å². The summed E-state index contributed by atoms with van der Waals surface area (Å²) in [4.78, 5) is 29.6. The molecule has 1 saturated carbocycles.